The van der Waals surface area contributed by atoms with Gasteiger partial charge < -0.3 is 5.32 Å². The first-order chi connectivity index (χ1) is 18.7. The van der Waals surface area contributed by atoms with Gasteiger partial charge in [-0.2, -0.15) is 0 Å². The molecule has 6 rings (SSSR count). The normalized spacial score (nSPS) is 17.6. The Labute approximate surface area is 227 Å². The Bertz CT molecular complexity index is 1730. The Morgan fingerprint density at radius 1 is 1.13 bits per heavy atom. The highest BCUT2D eigenvalue weighted by atomic mass is 32.2. The van der Waals surface area contributed by atoms with E-state index < -0.39 is 9.71 Å². The molecule has 10 nitrogen and oxygen atoms in total. The molecule has 3 heterocycles. The predicted octanol–water partition coefficient (Wildman–Crippen LogP) is 3.62. The van der Waals surface area contributed by atoms with Gasteiger partial charge in [-0.3, -0.25) is 14.5 Å². The van der Waals surface area contributed by atoms with E-state index in [0.717, 1.165) is 54.6 Å². The highest BCUT2D eigenvalue weighted by Crippen LogP contribution is 2.44. The molecule has 0 spiro atoms. The standard InChI is InChI=1S/C28H32N8O2S/c1-4-21-23(24(19-9-10-19)33-15-32-21)25-31-14-22-27(35-25)36(16(2)18-7-8-18)28(37)26(34-22)30-13-17-5-11-20(12-6-17)39(3,29)38/h5-6,11-12,14-16,18-19H,3-4,7-10,13H2,1-2H3,(H2,29,38)(H,30,34). The van der Waals surface area contributed by atoms with Gasteiger partial charge in [0.1, 0.15) is 11.8 Å². The Kier molecular flexibility index (Phi) is 6.43. The molecule has 0 bridgehead atoms. The Morgan fingerprint density at radius 3 is 2.51 bits per heavy atom. The molecule has 2 fully saturated rings. The molecule has 4 aromatic rings. The fourth-order valence-electron chi connectivity index (χ4n) is 5.04. The second-order valence-electron chi connectivity index (χ2n) is 10.5. The maximum absolute atomic E-state index is 13.8. The molecular weight excluding hydrogens is 512 g/mol. The van der Waals surface area contributed by atoms with Gasteiger partial charge in [0, 0.05) is 23.4 Å². The van der Waals surface area contributed by atoms with E-state index in [2.05, 4.69) is 40.0 Å². The van der Waals surface area contributed by atoms with Crippen LogP contribution in [0, 0.1) is 5.92 Å². The number of aromatic nitrogens is 6. The quantitative estimate of drug-likeness (QED) is 0.304. The summed E-state index contributed by atoms with van der Waals surface area (Å²) < 4.78 is 13.8. The van der Waals surface area contributed by atoms with E-state index in [0.29, 0.717) is 40.3 Å². The number of aryl methyl sites for hydroxylation is 1. The van der Waals surface area contributed by atoms with E-state index in [4.69, 9.17) is 15.1 Å². The van der Waals surface area contributed by atoms with Gasteiger partial charge in [0.2, 0.25) is 0 Å². The lowest BCUT2D eigenvalue weighted by Crippen LogP contribution is -2.29. The van der Waals surface area contributed by atoms with Gasteiger partial charge in [-0.05, 0) is 68.5 Å². The van der Waals surface area contributed by atoms with Crippen molar-refractivity contribution in [2.75, 3.05) is 5.32 Å². The maximum Gasteiger partial charge on any atom is 0.295 e. The van der Waals surface area contributed by atoms with Crippen LogP contribution >= 0.6 is 0 Å². The molecule has 11 heteroatoms. The topological polar surface area (TPSA) is 142 Å². The van der Waals surface area contributed by atoms with E-state index in [1.54, 1.807) is 29.2 Å². The van der Waals surface area contributed by atoms with Gasteiger partial charge >= 0.3 is 0 Å². The molecule has 0 radical (unpaired) electrons. The largest absolute Gasteiger partial charge is 0.361 e. The number of hydrogen-bond acceptors (Lipinski definition) is 8. The number of benzene rings is 1. The number of nitrogens with two attached hydrogens (primary N) is 1. The fraction of sp³-hybridized carbons (Fsp3) is 0.393. The third-order valence-corrected chi connectivity index (χ3v) is 8.67. The number of anilines is 1. The monoisotopic (exact) mass is 544 g/mol. The van der Waals surface area contributed by atoms with Crippen LogP contribution in [0.3, 0.4) is 0 Å². The first-order valence-corrected chi connectivity index (χ1v) is 15.1. The molecule has 2 atom stereocenters. The van der Waals surface area contributed by atoms with Crippen molar-refractivity contribution in [3.05, 3.63) is 64.1 Å². The number of nitrogens with zero attached hydrogens (tertiary/aromatic N) is 6. The van der Waals surface area contributed by atoms with Crippen molar-refractivity contribution >= 4 is 32.6 Å². The van der Waals surface area contributed by atoms with E-state index in [9.17, 15) is 9.00 Å². The molecule has 2 aliphatic carbocycles. The maximum atomic E-state index is 13.8. The van der Waals surface area contributed by atoms with Crippen molar-refractivity contribution < 1.29 is 4.21 Å². The Hall–Kier alpha value is -3.70. The zero-order valence-corrected chi connectivity index (χ0v) is 22.9. The van der Waals surface area contributed by atoms with E-state index in [1.807, 2.05) is 12.1 Å². The van der Waals surface area contributed by atoms with Crippen LogP contribution in [0.25, 0.3) is 22.6 Å². The Morgan fingerprint density at radius 2 is 1.87 bits per heavy atom. The second kappa shape index (κ2) is 9.80. The van der Waals surface area contributed by atoms with Crippen LogP contribution < -0.4 is 16.0 Å². The summed E-state index contributed by atoms with van der Waals surface area (Å²) in [5.41, 5.74) is 4.54. The molecule has 2 saturated carbocycles. The summed E-state index contributed by atoms with van der Waals surface area (Å²) in [5, 5.41) is 8.83. The van der Waals surface area contributed by atoms with Gasteiger partial charge in [-0.15, -0.1) is 0 Å². The summed E-state index contributed by atoms with van der Waals surface area (Å²) >= 11 is 0. The molecule has 39 heavy (non-hydrogen) atoms. The molecule has 3 aromatic heterocycles. The van der Waals surface area contributed by atoms with Gasteiger partial charge in [-0.25, -0.2) is 29.1 Å². The predicted molar refractivity (Wildman–Crippen MR) is 153 cm³/mol. The molecule has 3 N–H and O–H groups in total. The van der Waals surface area contributed by atoms with Crippen molar-refractivity contribution in [1.82, 2.24) is 29.5 Å². The van der Waals surface area contributed by atoms with Gasteiger partial charge in [0.25, 0.3) is 5.56 Å². The van der Waals surface area contributed by atoms with E-state index in [1.165, 1.54) is 0 Å². The fourth-order valence-corrected chi connectivity index (χ4v) is 5.64. The van der Waals surface area contributed by atoms with Crippen molar-refractivity contribution in [3.8, 4) is 11.4 Å². The third kappa shape index (κ3) is 5.04. The van der Waals surface area contributed by atoms with Crippen LogP contribution in [0.2, 0.25) is 0 Å². The van der Waals surface area contributed by atoms with Crippen molar-refractivity contribution in [1.29, 1.82) is 0 Å². The first kappa shape index (κ1) is 25.6. The lowest BCUT2D eigenvalue weighted by Gasteiger charge is -2.19. The minimum Gasteiger partial charge on any atom is -0.361 e. The summed E-state index contributed by atoms with van der Waals surface area (Å²) in [6.07, 6.45) is 8.43. The van der Waals surface area contributed by atoms with Crippen LogP contribution in [-0.4, -0.2) is 39.6 Å². The third-order valence-electron chi connectivity index (χ3n) is 7.60. The first-order valence-electron chi connectivity index (χ1n) is 13.4. The highest BCUT2D eigenvalue weighted by Gasteiger charge is 2.33. The smallest absolute Gasteiger partial charge is 0.295 e. The van der Waals surface area contributed by atoms with Crippen LogP contribution in [0.5, 0.6) is 0 Å². The summed E-state index contributed by atoms with van der Waals surface area (Å²) in [5.74, 6) is 5.14. The molecule has 0 saturated heterocycles. The molecule has 2 aliphatic rings. The zero-order valence-electron chi connectivity index (χ0n) is 22.1. The lowest BCUT2D eigenvalue weighted by molar-refractivity contribution is 0.482. The number of rotatable bonds is 9. The Balaban J connectivity index is 1.41. The lowest BCUT2D eigenvalue weighted by atomic mass is 10.1. The van der Waals surface area contributed by atoms with E-state index in [-0.39, 0.29) is 17.4 Å². The van der Waals surface area contributed by atoms with Crippen LogP contribution in [0.4, 0.5) is 5.82 Å². The SMILES string of the molecule is C=S(N)(=O)c1ccc(CNc2nc3cnc(-c4c(CC)ncnc4C4CC4)nc3n(C(C)C3CC3)c2=O)cc1. The van der Waals surface area contributed by atoms with Crippen LogP contribution in [-0.2, 0) is 22.7 Å². The molecular formula is C28H32N8O2S. The average Bonchev–Trinajstić information content (AvgIpc) is 3.84. The van der Waals surface area contributed by atoms with Crippen LogP contribution in [0.15, 0.2) is 46.5 Å². The number of nitrogens with one attached hydrogen (secondary N) is 1. The highest BCUT2D eigenvalue weighted by molar-refractivity contribution is 7.98. The minimum atomic E-state index is -2.78. The second-order valence-corrected chi connectivity index (χ2v) is 12.5. The number of fused-ring (bicyclic) bond motifs is 1. The van der Waals surface area contributed by atoms with Crippen molar-refractivity contribution in [2.24, 2.45) is 11.1 Å². The summed E-state index contributed by atoms with van der Waals surface area (Å²) in [7, 11) is -2.78. The van der Waals surface area contributed by atoms with Gasteiger partial charge in [-0.1, -0.05) is 19.1 Å². The van der Waals surface area contributed by atoms with Gasteiger partial charge in [0.15, 0.2) is 17.3 Å². The molecule has 1 aromatic carbocycles. The summed E-state index contributed by atoms with van der Waals surface area (Å²) in [6.45, 7) is 4.50. The zero-order chi connectivity index (χ0) is 27.3. The molecule has 0 aliphatic heterocycles. The minimum absolute atomic E-state index is 0.0269. The summed E-state index contributed by atoms with van der Waals surface area (Å²) in [6, 6.07) is 6.98. The van der Waals surface area contributed by atoms with Gasteiger partial charge in [0.05, 0.1) is 32.9 Å². The summed E-state index contributed by atoms with van der Waals surface area (Å²) in [4.78, 5) is 37.7. The molecule has 0 amide bonds. The van der Waals surface area contributed by atoms with Crippen LogP contribution in [0.1, 0.15) is 68.4 Å². The van der Waals surface area contributed by atoms with Crippen molar-refractivity contribution in [2.45, 2.75) is 69.4 Å². The molecule has 2 unspecified atom stereocenters. The molecule has 202 valence electrons. The number of hydrogen-bond donors (Lipinski definition) is 2. The van der Waals surface area contributed by atoms with E-state index >= 15 is 0 Å². The average molecular weight is 545 g/mol. The van der Waals surface area contributed by atoms with Crippen molar-refractivity contribution in [3.63, 3.8) is 0 Å².